The summed E-state index contributed by atoms with van der Waals surface area (Å²) in [5.74, 6) is -2.55. The van der Waals surface area contributed by atoms with E-state index < -0.39 is 30.2 Å². The summed E-state index contributed by atoms with van der Waals surface area (Å²) in [5.41, 5.74) is 2.45. The lowest BCUT2D eigenvalue weighted by atomic mass is 9.81. The molecule has 4 unspecified atom stereocenters. The molecule has 2 aliphatic rings. The largest absolute Gasteiger partial charge is 0.353 e. The van der Waals surface area contributed by atoms with Crippen LogP contribution in [0.2, 0.25) is 5.02 Å². The van der Waals surface area contributed by atoms with E-state index in [-0.39, 0.29) is 18.2 Å². The summed E-state index contributed by atoms with van der Waals surface area (Å²) in [6, 6.07) is 14.4. The Hall–Kier alpha value is -3.10. The summed E-state index contributed by atoms with van der Waals surface area (Å²) in [7, 11) is 0. The van der Waals surface area contributed by atoms with Crippen LogP contribution in [0.15, 0.2) is 48.5 Å². The number of hydrogen-bond acceptors (Lipinski definition) is 5. The second-order valence-corrected chi connectivity index (χ2v) is 7.94. The Bertz CT molecular complexity index is 981. The molecule has 4 atom stereocenters. The van der Waals surface area contributed by atoms with Gasteiger partial charge in [-0.25, -0.2) is 0 Å². The molecule has 0 aliphatic carbocycles. The van der Waals surface area contributed by atoms with E-state index in [0.717, 1.165) is 11.3 Å². The van der Waals surface area contributed by atoms with E-state index in [2.05, 4.69) is 26.6 Å². The summed E-state index contributed by atoms with van der Waals surface area (Å²) >= 11 is 5.97. The second kappa shape index (κ2) is 8.33. The maximum absolute atomic E-state index is 12.9. The van der Waals surface area contributed by atoms with Crippen LogP contribution < -0.4 is 26.6 Å². The van der Waals surface area contributed by atoms with Crippen LogP contribution in [-0.2, 0) is 14.4 Å². The number of nitrogens with one attached hydrogen (secondary N) is 5. The third kappa shape index (κ3) is 4.39. The third-order valence-electron chi connectivity index (χ3n) is 5.24. The molecule has 2 saturated heterocycles. The molecule has 2 fully saturated rings. The number of fused-ring (bicyclic) bond motifs is 1. The average Bonchev–Trinajstić information content (AvgIpc) is 2.69. The molecule has 3 amide bonds. The van der Waals surface area contributed by atoms with Gasteiger partial charge in [0.2, 0.25) is 17.7 Å². The number of halogens is 1. The van der Waals surface area contributed by atoms with Crippen LogP contribution >= 0.6 is 11.6 Å². The standard InChI is InChI=1S/C21H22ClN5O3/c1-11-5-7-13(8-6-11)24-21-26-18-17(20(30)27-21)15(10-16(28)25-18)19(29)23-14-4-2-3-12(22)9-14/h2-9,15,17-18,21,24,26H,10H2,1H3,(H,23,29)(H,25,28)(H,27,30). The van der Waals surface area contributed by atoms with Gasteiger partial charge in [-0.3, -0.25) is 19.7 Å². The Morgan fingerprint density at radius 1 is 1.07 bits per heavy atom. The van der Waals surface area contributed by atoms with Crippen LogP contribution in [0, 0.1) is 18.8 Å². The summed E-state index contributed by atoms with van der Waals surface area (Å²) in [6.45, 7) is 1.99. The molecule has 2 aliphatic heterocycles. The fraction of sp³-hybridized carbons (Fsp3) is 0.286. The Balaban J connectivity index is 1.48. The maximum atomic E-state index is 12.9. The van der Waals surface area contributed by atoms with E-state index in [9.17, 15) is 14.4 Å². The van der Waals surface area contributed by atoms with Crippen LogP contribution in [-0.4, -0.2) is 30.2 Å². The van der Waals surface area contributed by atoms with Gasteiger partial charge in [0.25, 0.3) is 0 Å². The topological polar surface area (TPSA) is 111 Å². The Kier molecular flexibility index (Phi) is 5.61. The van der Waals surface area contributed by atoms with Crippen molar-refractivity contribution >= 4 is 40.7 Å². The van der Waals surface area contributed by atoms with Gasteiger partial charge in [0.1, 0.15) is 0 Å². The van der Waals surface area contributed by atoms with Crippen molar-refractivity contribution in [3.8, 4) is 0 Å². The molecule has 2 aromatic rings. The number of carbonyl (C=O) groups excluding carboxylic acids is 3. The highest BCUT2D eigenvalue weighted by molar-refractivity contribution is 6.30. The molecule has 8 nitrogen and oxygen atoms in total. The number of anilines is 2. The Morgan fingerprint density at radius 3 is 2.57 bits per heavy atom. The zero-order chi connectivity index (χ0) is 21.3. The van der Waals surface area contributed by atoms with Crippen molar-refractivity contribution in [1.82, 2.24) is 16.0 Å². The van der Waals surface area contributed by atoms with Gasteiger partial charge in [0, 0.05) is 22.8 Å². The molecule has 2 heterocycles. The summed E-state index contributed by atoms with van der Waals surface area (Å²) < 4.78 is 0. The van der Waals surface area contributed by atoms with Gasteiger partial charge in [-0.15, -0.1) is 0 Å². The number of amides is 3. The summed E-state index contributed by atoms with van der Waals surface area (Å²) in [5, 5.41) is 15.2. The van der Waals surface area contributed by atoms with Crippen LogP contribution in [0.4, 0.5) is 11.4 Å². The molecule has 0 saturated carbocycles. The molecule has 0 radical (unpaired) electrons. The van der Waals surface area contributed by atoms with Gasteiger partial charge in [-0.2, -0.15) is 0 Å². The van der Waals surface area contributed by atoms with E-state index in [1.807, 2.05) is 31.2 Å². The first-order valence-electron chi connectivity index (χ1n) is 9.64. The van der Waals surface area contributed by atoms with Crippen molar-refractivity contribution in [2.75, 3.05) is 10.6 Å². The maximum Gasteiger partial charge on any atom is 0.229 e. The van der Waals surface area contributed by atoms with E-state index >= 15 is 0 Å². The summed E-state index contributed by atoms with van der Waals surface area (Å²) in [6.07, 6.45) is -1.33. The van der Waals surface area contributed by atoms with Crippen molar-refractivity contribution in [3.05, 3.63) is 59.1 Å². The zero-order valence-corrected chi connectivity index (χ0v) is 17.0. The van der Waals surface area contributed by atoms with Crippen LogP contribution in [0.1, 0.15) is 12.0 Å². The van der Waals surface area contributed by atoms with Gasteiger partial charge in [0.05, 0.1) is 18.0 Å². The predicted octanol–water partition coefficient (Wildman–Crippen LogP) is 1.78. The molecule has 0 bridgehead atoms. The van der Waals surface area contributed by atoms with E-state index in [4.69, 9.17) is 11.6 Å². The Morgan fingerprint density at radius 2 is 1.83 bits per heavy atom. The minimum Gasteiger partial charge on any atom is -0.353 e. The zero-order valence-electron chi connectivity index (χ0n) is 16.2. The van der Waals surface area contributed by atoms with Crippen molar-refractivity contribution in [1.29, 1.82) is 0 Å². The molecule has 0 aromatic heterocycles. The molecule has 2 aromatic carbocycles. The lowest BCUT2D eigenvalue weighted by Crippen LogP contribution is -2.72. The number of aryl methyl sites for hydroxylation is 1. The fourth-order valence-electron chi connectivity index (χ4n) is 3.77. The number of hydrogen-bond donors (Lipinski definition) is 5. The molecule has 5 N–H and O–H groups in total. The quantitative estimate of drug-likeness (QED) is 0.510. The summed E-state index contributed by atoms with van der Waals surface area (Å²) in [4.78, 5) is 38.0. The van der Waals surface area contributed by atoms with E-state index in [1.54, 1.807) is 24.3 Å². The van der Waals surface area contributed by atoms with Gasteiger partial charge in [-0.05, 0) is 37.3 Å². The molecule has 30 heavy (non-hydrogen) atoms. The molecule has 156 valence electrons. The lowest BCUT2D eigenvalue weighted by molar-refractivity contribution is -0.144. The first kappa shape index (κ1) is 20.2. The highest BCUT2D eigenvalue weighted by atomic mass is 35.5. The van der Waals surface area contributed by atoms with Gasteiger partial charge < -0.3 is 21.3 Å². The van der Waals surface area contributed by atoms with Crippen LogP contribution in [0.3, 0.4) is 0 Å². The molecule has 0 spiro atoms. The first-order valence-corrected chi connectivity index (χ1v) is 10.0. The average molecular weight is 428 g/mol. The van der Waals surface area contributed by atoms with Crippen molar-refractivity contribution < 1.29 is 14.4 Å². The van der Waals surface area contributed by atoms with Crippen molar-refractivity contribution in [2.45, 2.75) is 25.8 Å². The third-order valence-corrected chi connectivity index (χ3v) is 5.48. The smallest absolute Gasteiger partial charge is 0.229 e. The minimum atomic E-state index is -0.810. The highest BCUT2D eigenvalue weighted by Crippen LogP contribution is 2.28. The number of benzene rings is 2. The first-order chi connectivity index (χ1) is 14.4. The SMILES string of the molecule is Cc1ccc(NC2NC(=O)C3C(NC(=O)CC3C(=O)Nc3cccc(Cl)c3)N2)cc1. The van der Waals surface area contributed by atoms with Crippen LogP contribution in [0.5, 0.6) is 0 Å². The van der Waals surface area contributed by atoms with E-state index in [0.29, 0.717) is 10.7 Å². The van der Waals surface area contributed by atoms with Crippen LogP contribution in [0.25, 0.3) is 0 Å². The number of rotatable bonds is 4. The number of piperidine rings is 1. The van der Waals surface area contributed by atoms with Gasteiger partial charge in [0.15, 0.2) is 6.29 Å². The lowest BCUT2D eigenvalue weighted by Gasteiger charge is -2.43. The molecule has 9 heteroatoms. The van der Waals surface area contributed by atoms with E-state index in [1.165, 1.54) is 0 Å². The molecular weight excluding hydrogens is 406 g/mol. The second-order valence-electron chi connectivity index (χ2n) is 7.50. The predicted molar refractivity (Wildman–Crippen MR) is 113 cm³/mol. The monoisotopic (exact) mass is 427 g/mol. The highest BCUT2D eigenvalue weighted by Gasteiger charge is 2.48. The normalized spacial score (nSPS) is 25.5. The van der Waals surface area contributed by atoms with Gasteiger partial charge in [-0.1, -0.05) is 35.4 Å². The number of carbonyl (C=O) groups is 3. The molecular formula is C21H22ClN5O3. The van der Waals surface area contributed by atoms with Crippen molar-refractivity contribution in [3.63, 3.8) is 0 Å². The minimum absolute atomic E-state index is 0.0707. The molecule has 4 rings (SSSR count). The Labute approximate surface area is 178 Å². The van der Waals surface area contributed by atoms with Crippen molar-refractivity contribution in [2.24, 2.45) is 11.8 Å². The fourth-order valence-corrected chi connectivity index (χ4v) is 3.96. The van der Waals surface area contributed by atoms with Gasteiger partial charge >= 0.3 is 0 Å².